The predicted octanol–water partition coefficient (Wildman–Crippen LogP) is 3.58. The Kier molecular flexibility index (Phi) is 3.04. The number of hydrogen-bond donors (Lipinski definition) is 0. The molecule has 6 heteroatoms. The Bertz CT molecular complexity index is 571. The highest BCUT2D eigenvalue weighted by molar-refractivity contribution is 7.19. The van der Waals surface area contributed by atoms with Crippen molar-refractivity contribution in [2.45, 2.75) is 13.0 Å². The third kappa shape index (κ3) is 2.18. The van der Waals surface area contributed by atoms with Crippen LogP contribution in [0.3, 0.4) is 0 Å². The second-order valence-electron chi connectivity index (χ2n) is 3.67. The van der Waals surface area contributed by atoms with Gasteiger partial charge in [0.25, 0.3) is 0 Å². The first-order valence-corrected chi connectivity index (χ1v) is 6.70. The quantitative estimate of drug-likeness (QED) is 0.752. The molecule has 0 unspecified atom stereocenters. The van der Waals surface area contributed by atoms with E-state index in [2.05, 4.69) is 9.97 Å². The fraction of sp³-hybridized carbons (Fsp3) is 0.273. The third-order valence-corrected chi connectivity index (χ3v) is 4.11. The summed E-state index contributed by atoms with van der Waals surface area (Å²) >= 11 is 13.5. The molecule has 2 aromatic heterocycles. The van der Waals surface area contributed by atoms with Crippen molar-refractivity contribution in [3.63, 3.8) is 0 Å². The number of halogens is 2. The van der Waals surface area contributed by atoms with E-state index in [9.17, 15) is 0 Å². The van der Waals surface area contributed by atoms with Crippen LogP contribution < -0.4 is 0 Å². The second-order valence-corrected chi connectivity index (χ2v) is 5.74. The molecule has 1 aliphatic rings. The molecular weight excluding hydrogens is 279 g/mol. The average molecular weight is 287 g/mol. The number of rotatable bonds is 1. The minimum Gasteiger partial charge on any atom is -0.376 e. The van der Waals surface area contributed by atoms with E-state index >= 15 is 0 Å². The van der Waals surface area contributed by atoms with E-state index in [0.717, 1.165) is 26.9 Å². The molecule has 3 heterocycles. The van der Waals surface area contributed by atoms with Crippen molar-refractivity contribution < 1.29 is 4.74 Å². The lowest BCUT2D eigenvalue weighted by Crippen LogP contribution is -2.13. The number of ether oxygens (including phenoxy) is 1. The van der Waals surface area contributed by atoms with Crippen molar-refractivity contribution in [1.29, 1.82) is 0 Å². The molecule has 0 radical (unpaired) electrons. The van der Waals surface area contributed by atoms with Gasteiger partial charge in [0.05, 0.1) is 28.1 Å². The topological polar surface area (TPSA) is 35.0 Å². The molecule has 0 aliphatic carbocycles. The number of aromatic nitrogens is 2. The molecule has 0 spiro atoms. The van der Waals surface area contributed by atoms with Crippen LogP contribution in [0, 0.1) is 0 Å². The van der Waals surface area contributed by atoms with Crippen LogP contribution >= 0.6 is 34.5 Å². The van der Waals surface area contributed by atoms with Gasteiger partial charge in [-0.1, -0.05) is 23.2 Å². The summed E-state index contributed by atoms with van der Waals surface area (Å²) in [6, 6.07) is 3.74. The van der Waals surface area contributed by atoms with Crippen LogP contribution in [0.5, 0.6) is 0 Å². The molecule has 0 aromatic carbocycles. The first-order chi connectivity index (χ1) is 8.24. The minimum absolute atomic E-state index is 0.481. The molecule has 0 N–H and O–H groups in total. The number of nitrogens with zero attached hydrogens (tertiary/aromatic N) is 2. The second kappa shape index (κ2) is 4.53. The van der Waals surface area contributed by atoms with E-state index in [0.29, 0.717) is 24.2 Å². The largest absolute Gasteiger partial charge is 0.376 e. The zero-order chi connectivity index (χ0) is 11.8. The van der Waals surface area contributed by atoms with E-state index in [4.69, 9.17) is 27.9 Å². The van der Waals surface area contributed by atoms with Crippen LogP contribution in [-0.4, -0.2) is 16.6 Å². The first kappa shape index (κ1) is 11.4. The summed E-state index contributed by atoms with van der Waals surface area (Å²) in [6.07, 6.45) is 0.781. The van der Waals surface area contributed by atoms with Gasteiger partial charge in [0.1, 0.15) is 5.15 Å². The van der Waals surface area contributed by atoms with Gasteiger partial charge in [-0.15, -0.1) is 11.3 Å². The Labute approximate surface area is 112 Å². The van der Waals surface area contributed by atoms with E-state index in [1.54, 1.807) is 0 Å². The maximum Gasteiger partial charge on any atom is 0.171 e. The summed E-state index contributed by atoms with van der Waals surface area (Å²) in [4.78, 5) is 9.77. The number of hydrogen-bond acceptors (Lipinski definition) is 4. The molecule has 0 fully saturated rings. The maximum atomic E-state index is 6.14. The molecule has 0 bridgehead atoms. The first-order valence-electron chi connectivity index (χ1n) is 5.13. The van der Waals surface area contributed by atoms with Crippen molar-refractivity contribution in [2.24, 2.45) is 0 Å². The van der Waals surface area contributed by atoms with Crippen molar-refractivity contribution in [2.75, 3.05) is 6.61 Å². The van der Waals surface area contributed by atoms with Gasteiger partial charge in [-0.05, 0) is 12.1 Å². The van der Waals surface area contributed by atoms with Crippen LogP contribution in [0.25, 0.3) is 10.7 Å². The van der Waals surface area contributed by atoms with Crippen molar-refractivity contribution in [3.8, 4) is 10.7 Å². The van der Waals surface area contributed by atoms with Gasteiger partial charge in [-0.2, -0.15) is 0 Å². The van der Waals surface area contributed by atoms with Crippen molar-refractivity contribution >= 4 is 34.5 Å². The molecule has 3 nitrogen and oxygen atoms in total. The zero-order valence-corrected chi connectivity index (χ0v) is 11.1. The molecule has 3 rings (SSSR count). The van der Waals surface area contributed by atoms with Crippen LogP contribution in [0.15, 0.2) is 12.1 Å². The summed E-state index contributed by atoms with van der Waals surface area (Å²) in [7, 11) is 0. The monoisotopic (exact) mass is 286 g/mol. The Morgan fingerprint density at radius 2 is 2.12 bits per heavy atom. The van der Waals surface area contributed by atoms with Gasteiger partial charge in [0.2, 0.25) is 0 Å². The van der Waals surface area contributed by atoms with Crippen molar-refractivity contribution in [3.05, 3.63) is 32.9 Å². The SMILES string of the molecule is Clc1ccc(-c2nc(Cl)c3c(n2)CCOC3)s1. The van der Waals surface area contributed by atoms with Crippen LogP contribution in [0.1, 0.15) is 11.3 Å². The highest BCUT2D eigenvalue weighted by Gasteiger charge is 2.18. The van der Waals surface area contributed by atoms with Gasteiger partial charge < -0.3 is 4.74 Å². The summed E-state index contributed by atoms with van der Waals surface area (Å²) in [5.74, 6) is 0.646. The summed E-state index contributed by atoms with van der Waals surface area (Å²) in [5.41, 5.74) is 1.89. The van der Waals surface area contributed by atoms with Crippen LogP contribution in [0.4, 0.5) is 0 Å². The predicted molar refractivity (Wildman–Crippen MR) is 68.7 cm³/mol. The highest BCUT2D eigenvalue weighted by Crippen LogP contribution is 2.31. The number of thiophene rings is 1. The summed E-state index contributed by atoms with van der Waals surface area (Å²) < 4.78 is 6.07. The Balaban J connectivity index is 2.10. The molecule has 0 amide bonds. The highest BCUT2D eigenvalue weighted by atomic mass is 35.5. The molecule has 0 saturated carbocycles. The molecule has 0 saturated heterocycles. The normalized spacial score (nSPS) is 14.7. The van der Waals surface area contributed by atoms with E-state index in [1.165, 1.54) is 11.3 Å². The lowest BCUT2D eigenvalue weighted by atomic mass is 10.1. The Morgan fingerprint density at radius 1 is 1.24 bits per heavy atom. The fourth-order valence-electron chi connectivity index (χ4n) is 1.74. The lowest BCUT2D eigenvalue weighted by Gasteiger charge is -2.16. The van der Waals surface area contributed by atoms with Gasteiger partial charge >= 0.3 is 0 Å². The summed E-state index contributed by atoms with van der Waals surface area (Å²) in [5, 5.41) is 0.481. The molecule has 1 aliphatic heterocycles. The molecule has 17 heavy (non-hydrogen) atoms. The van der Waals surface area contributed by atoms with Gasteiger partial charge in [-0.3, -0.25) is 0 Å². The van der Waals surface area contributed by atoms with E-state index in [1.807, 2.05) is 12.1 Å². The molecule has 0 atom stereocenters. The van der Waals surface area contributed by atoms with Gasteiger partial charge in [-0.25, -0.2) is 9.97 Å². The average Bonchev–Trinajstić information content (AvgIpc) is 2.76. The number of fused-ring (bicyclic) bond motifs is 1. The molecule has 2 aromatic rings. The fourth-order valence-corrected chi connectivity index (χ4v) is 2.96. The van der Waals surface area contributed by atoms with Crippen LogP contribution in [-0.2, 0) is 17.8 Å². The third-order valence-electron chi connectivity index (χ3n) is 2.57. The van der Waals surface area contributed by atoms with E-state index < -0.39 is 0 Å². The lowest BCUT2D eigenvalue weighted by molar-refractivity contribution is 0.109. The summed E-state index contributed by atoms with van der Waals surface area (Å²) in [6.45, 7) is 1.19. The molecular formula is C11H8Cl2N2OS. The van der Waals surface area contributed by atoms with Crippen molar-refractivity contribution in [1.82, 2.24) is 9.97 Å². The zero-order valence-electron chi connectivity index (χ0n) is 8.74. The standard InChI is InChI=1S/C11H8Cl2N2OS/c12-9-2-1-8(17-9)11-14-7-3-4-16-5-6(7)10(13)15-11/h1-2H,3-5H2. The van der Waals surface area contributed by atoms with Crippen LogP contribution in [0.2, 0.25) is 9.49 Å². The maximum absolute atomic E-state index is 6.14. The Hall–Kier alpha value is -0.680. The van der Waals surface area contributed by atoms with Gasteiger partial charge in [0.15, 0.2) is 5.82 Å². The van der Waals surface area contributed by atoms with E-state index in [-0.39, 0.29) is 0 Å². The smallest absolute Gasteiger partial charge is 0.171 e. The minimum atomic E-state index is 0.481. The molecule has 88 valence electrons. The Morgan fingerprint density at radius 3 is 2.88 bits per heavy atom. The van der Waals surface area contributed by atoms with Gasteiger partial charge in [0, 0.05) is 12.0 Å².